The fourth-order valence-electron chi connectivity index (χ4n) is 2.79. The molecule has 0 saturated heterocycles. The molecule has 6 heteroatoms. The highest BCUT2D eigenvalue weighted by Gasteiger charge is 2.27. The lowest BCUT2D eigenvalue weighted by Gasteiger charge is -2.13. The first kappa shape index (κ1) is 12.6. The minimum atomic E-state index is -0.233. The third kappa shape index (κ3) is 2.24. The van der Waals surface area contributed by atoms with Gasteiger partial charge in [-0.05, 0) is 43.6 Å². The second kappa shape index (κ2) is 4.44. The van der Waals surface area contributed by atoms with E-state index in [1.54, 1.807) is 16.8 Å². The standard InChI is InChI=1S/C15H18N4O2/c16-13-5-11-12(6-17-13)18(7-9-1-2-9)15(21)19(14(11)20)8-10-3-4-10/h5-6,9-10H,1-4,7-8H2,(H2,16,17). The molecule has 2 heterocycles. The number of nitrogens with two attached hydrogens (primary N) is 1. The molecule has 2 aromatic rings. The van der Waals surface area contributed by atoms with E-state index in [1.165, 1.54) is 4.57 Å². The molecule has 0 amide bonds. The second-order valence-electron chi connectivity index (χ2n) is 6.32. The van der Waals surface area contributed by atoms with Crippen molar-refractivity contribution >= 4 is 16.7 Å². The van der Waals surface area contributed by atoms with Crippen molar-refractivity contribution in [2.24, 2.45) is 11.8 Å². The SMILES string of the molecule is Nc1cc2c(=O)n(CC3CC3)c(=O)n(CC3CC3)c2cn1. The van der Waals surface area contributed by atoms with E-state index in [0.29, 0.717) is 41.6 Å². The number of hydrogen-bond acceptors (Lipinski definition) is 4. The number of pyridine rings is 1. The van der Waals surface area contributed by atoms with E-state index in [1.807, 2.05) is 0 Å². The summed E-state index contributed by atoms with van der Waals surface area (Å²) in [6.45, 7) is 1.20. The van der Waals surface area contributed by atoms with Crippen LogP contribution in [0.2, 0.25) is 0 Å². The van der Waals surface area contributed by atoms with Gasteiger partial charge in [-0.25, -0.2) is 9.78 Å². The average Bonchev–Trinajstić information content (AvgIpc) is 3.34. The molecule has 2 fully saturated rings. The van der Waals surface area contributed by atoms with Crippen molar-refractivity contribution in [3.8, 4) is 0 Å². The summed E-state index contributed by atoms with van der Waals surface area (Å²) in [7, 11) is 0. The first-order chi connectivity index (χ1) is 10.1. The highest BCUT2D eigenvalue weighted by atomic mass is 16.2. The second-order valence-corrected chi connectivity index (χ2v) is 6.32. The zero-order valence-electron chi connectivity index (χ0n) is 11.8. The van der Waals surface area contributed by atoms with Crippen LogP contribution in [0.4, 0.5) is 5.82 Å². The van der Waals surface area contributed by atoms with Gasteiger partial charge in [0.25, 0.3) is 5.56 Å². The van der Waals surface area contributed by atoms with Crippen LogP contribution in [0.15, 0.2) is 21.9 Å². The quantitative estimate of drug-likeness (QED) is 0.907. The number of nitrogens with zero attached hydrogens (tertiary/aromatic N) is 3. The van der Waals surface area contributed by atoms with E-state index in [4.69, 9.17) is 5.73 Å². The van der Waals surface area contributed by atoms with E-state index < -0.39 is 0 Å². The number of nitrogen functional groups attached to an aromatic ring is 1. The molecule has 110 valence electrons. The fourth-order valence-corrected chi connectivity index (χ4v) is 2.79. The molecule has 2 N–H and O–H groups in total. The zero-order valence-corrected chi connectivity index (χ0v) is 11.8. The first-order valence-electron chi connectivity index (χ1n) is 7.52. The van der Waals surface area contributed by atoms with Crippen molar-refractivity contribution in [2.75, 3.05) is 5.73 Å². The minimum absolute atomic E-state index is 0.196. The summed E-state index contributed by atoms with van der Waals surface area (Å²) in [5.41, 5.74) is 5.89. The lowest BCUT2D eigenvalue weighted by Crippen LogP contribution is -2.41. The first-order valence-corrected chi connectivity index (χ1v) is 7.52. The van der Waals surface area contributed by atoms with Crippen molar-refractivity contribution in [1.29, 1.82) is 0 Å². The van der Waals surface area contributed by atoms with Gasteiger partial charge in [0.1, 0.15) is 5.82 Å². The van der Waals surface area contributed by atoms with Gasteiger partial charge >= 0.3 is 5.69 Å². The molecule has 0 atom stereocenters. The van der Waals surface area contributed by atoms with Crippen molar-refractivity contribution in [3.63, 3.8) is 0 Å². The molecule has 6 nitrogen and oxygen atoms in total. The number of rotatable bonds is 4. The van der Waals surface area contributed by atoms with E-state index in [9.17, 15) is 9.59 Å². The predicted molar refractivity (Wildman–Crippen MR) is 80.1 cm³/mol. The Bertz CT molecular complexity index is 828. The van der Waals surface area contributed by atoms with Crippen LogP contribution in [0.3, 0.4) is 0 Å². The Morgan fingerprint density at radius 2 is 1.71 bits per heavy atom. The monoisotopic (exact) mass is 286 g/mol. The summed E-state index contributed by atoms with van der Waals surface area (Å²) in [6, 6.07) is 1.59. The van der Waals surface area contributed by atoms with Crippen LogP contribution >= 0.6 is 0 Å². The molecule has 21 heavy (non-hydrogen) atoms. The van der Waals surface area contributed by atoms with Crippen LogP contribution in [0.5, 0.6) is 0 Å². The van der Waals surface area contributed by atoms with E-state index in [2.05, 4.69) is 4.98 Å². The summed E-state index contributed by atoms with van der Waals surface area (Å²) >= 11 is 0. The molecule has 4 rings (SSSR count). The van der Waals surface area contributed by atoms with E-state index in [-0.39, 0.29) is 11.2 Å². The van der Waals surface area contributed by atoms with Crippen LogP contribution in [0.1, 0.15) is 25.7 Å². The summed E-state index contributed by atoms with van der Waals surface area (Å²) in [4.78, 5) is 29.3. The largest absolute Gasteiger partial charge is 0.384 e. The molecule has 2 aliphatic carbocycles. The Balaban J connectivity index is 1.97. The van der Waals surface area contributed by atoms with Crippen molar-refractivity contribution in [2.45, 2.75) is 38.8 Å². The highest BCUT2D eigenvalue weighted by Crippen LogP contribution is 2.31. The molecular formula is C15H18N4O2. The van der Waals surface area contributed by atoms with Crippen LogP contribution in [0.25, 0.3) is 10.9 Å². The minimum Gasteiger partial charge on any atom is -0.384 e. The topological polar surface area (TPSA) is 82.9 Å². The molecular weight excluding hydrogens is 268 g/mol. The molecule has 0 unspecified atom stereocenters. The van der Waals surface area contributed by atoms with Crippen LogP contribution in [-0.4, -0.2) is 14.1 Å². The van der Waals surface area contributed by atoms with Gasteiger partial charge in [-0.2, -0.15) is 0 Å². The zero-order chi connectivity index (χ0) is 14.6. The average molecular weight is 286 g/mol. The van der Waals surface area contributed by atoms with Crippen LogP contribution < -0.4 is 17.0 Å². The fraction of sp³-hybridized carbons (Fsp3) is 0.533. The maximum atomic E-state index is 12.7. The Labute approximate surface area is 121 Å². The van der Waals surface area contributed by atoms with Gasteiger partial charge in [0.2, 0.25) is 0 Å². The van der Waals surface area contributed by atoms with Gasteiger partial charge in [-0.1, -0.05) is 0 Å². The maximum absolute atomic E-state index is 12.7. The number of aromatic nitrogens is 3. The van der Waals surface area contributed by atoms with E-state index >= 15 is 0 Å². The Kier molecular flexibility index (Phi) is 2.67. The number of fused-ring (bicyclic) bond motifs is 1. The molecule has 0 radical (unpaired) electrons. The van der Waals surface area contributed by atoms with Crippen LogP contribution in [0, 0.1) is 11.8 Å². The summed E-state index contributed by atoms with van der Waals surface area (Å²) in [6.07, 6.45) is 6.06. The predicted octanol–water partition coefficient (Wildman–Crippen LogP) is 0.960. The third-order valence-electron chi connectivity index (χ3n) is 4.41. The summed E-state index contributed by atoms with van der Waals surface area (Å²) in [5.74, 6) is 1.34. The molecule has 0 aliphatic heterocycles. The van der Waals surface area contributed by atoms with Crippen molar-refractivity contribution in [3.05, 3.63) is 33.1 Å². The van der Waals surface area contributed by atoms with Gasteiger partial charge < -0.3 is 5.73 Å². The Morgan fingerprint density at radius 3 is 2.33 bits per heavy atom. The van der Waals surface area contributed by atoms with Crippen molar-refractivity contribution < 1.29 is 0 Å². The molecule has 0 aromatic carbocycles. The van der Waals surface area contributed by atoms with Gasteiger partial charge in [0.05, 0.1) is 17.1 Å². The lowest BCUT2D eigenvalue weighted by atomic mass is 10.2. The van der Waals surface area contributed by atoms with Crippen molar-refractivity contribution in [1.82, 2.24) is 14.1 Å². The number of hydrogen-bond donors (Lipinski definition) is 1. The summed E-state index contributed by atoms with van der Waals surface area (Å²) < 4.78 is 3.10. The molecule has 2 saturated carbocycles. The molecule has 2 aliphatic rings. The van der Waals surface area contributed by atoms with Gasteiger partial charge in [-0.3, -0.25) is 13.9 Å². The van der Waals surface area contributed by atoms with Gasteiger partial charge in [0.15, 0.2) is 0 Å². The van der Waals surface area contributed by atoms with E-state index in [0.717, 1.165) is 25.7 Å². The summed E-state index contributed by atoms with van der Waals surface area (Å²) in [5, 5.41) is 0.503. The molecule has 0 bridgehead atoms. The third-order valence-corrected chi connectivity index (χ3v) is 4.41. The smallest absolute Gasteiger partial charge is 0.331 e. The number of anilines is 1. The van der Waals surface area contributed by atoms with Crippen LogP contribution in [-0.2, 0) is 13.1 Å². The normalized spacial score (nSPS) is 18.3. The Morgan fingerprint density at radius 1 is 1.10 bits per heavy atom. The van der Waals surface area contributed by atoms with Gasteiger partial charge in [0, 0.05) is 13.1 Å². The highest BCUT2D eigenvalue weighted by molar-refractivity contribution is 5.79. The molecule has 2 aromatic heterocycles. The molecule has 0 spiro atoms. The maximum Gasteiger partial charge on any atom is 0.331 e. The Hall–Kier alpha value is -2.11. The van der Waals surface area contributed by atoms with Gasteiger partial charge in [-0.15, -0.1) is 0 Å². The lowest BCUT2D eigenvalue weighted by molar-refractivity contribution is 0.522.